The summed E-state index contributed by atoms with van der Waals surface area (Å²) in [5.74, 6) is 0.880. The number of nitrogens with one attached hydrogen (secondary N) is 2. The Morgan fingerprint density at radius 3 is 2.26 bits per heavy atom. The molecule has 0 aromatic heterocycles. The fourth-order valence-electron chi connectivity index (χ4n) is 5.12. The average molecular weight is 472 g/mol. The molecular weight excluding hydrogens is 441 g/mol. The number of carbonyl (C=O) groups is 2. The number of urea groups is 1. The van der Waals surface area contributed by atoms with Crippen LogP contribution in [0.5, 0.6) is 17.2 Å². The van der Waals surface area contributed by atoms with E-state index in [0.29, 0.717) is 55.3 Å². The number of nitrogens with zero attached hydrogens (tertiary/aromatic N) is 1. The number of rotatable bonds is 8. The zero-order valence-electron chi connectivity index (χ0n) is 19.7. The minimum atomic E-state index is -1.16. The molecule has 2 fully saturated rings. The Bertz CT molecular complexity index is 1070. The highest BCUT2D eigenvalue weighted by Crippen LogP contribution is 2.41. The molecule has 2 aromatic carbocycles. The molecule has 1 atom stereocenters. The van der Waals surface area contributed by atoms with Crippen molar-refractivity contribution in [1.29, 1.82) is 0 Å². The maximum atomic E-state index is 14.4. The first-order valence-electron chi connectivity index (χ1n) is 11.3. The number of amides is 3. The summed E-state index contributed by atoms with van der Waals surface area (Å²) in [5.41, 5.74) is 0.218. The van der Waals surface area contributed by atoms with Crippen LogP contribution in [0, 0.1) is 11.7 Å². The molecule has 8 nitrogen and oxygen atoms in total. The lowest BCUT2D eigenvalue weighted by Gasteiger charge is -2.41. The monoisotopic (exact) mass is 471 g/mol. The molecule has 9 heteroatoms. The van der Waals surface area contributed by atoms with Crippen molar-refractivity contribution in [1.82, 2.24) is 15.5 Å². The van der Waals surface area contributed by atoms with Gasteiger partial charge in [-0.1, -0.05) is 24.3 Å². The molecular formula is C25H30FN3O5. The molecule has 2 aliphatic rings. The van der Waals surface area contributed by atoms with Crippen molar-refractivity contribution in [3.63, 3.8) is 0 Å². The predicted octanol–water partition coefficient (Wildman–Crippen LogP) is 2.88. The average Bonchev–Trinajstić information content (AvgIpc) is 3.13. The number of hydrogen-bond acceptors (Lipinski definition) is 6. The highest BCUT2D eigenvalue weighted by atomic mass is 19.1. The molecule has 4 rings (SSSR count). The van der Waals surface area contributed by atoms with E-state index >= 15 is 0 Å². The van der Waals surface area contributed by atoms with E-state index in [1.54, 1.807) is 39.5 Å². The number of likely N-dealkylation sites (tertiary alicyclic amines) is 1. The van der Waals surface area contributed by atoms with E-state index in [9.17, 15) is 14.0 Å². The molecule has 3 amide bonds. The third-order valence-electron chi connectivity index (χ3n) is 6.86. The van der Waals surface area contributed by atoms with E-state index in [4.69, 9.17) is 14.2 Å². The van der Waals surface area contributed by atoms with Gasteiger partial charge in [0, 0.05) is 18.5 Å². The number of benzene rings is 2. The number of hydrogen-bond donors (Lipinski definition) is 2. The minimum Gasteiger partial charge on any atom is -0.493 e. The Morgan fingerprint density at radius 2 is 1.68 bits per heavy atom. The van der Waals surface area contributed by atoms with Gasteiger partial charge < -0.3 is 19.5 Å². The molecule has 0 saturated carbocycles. The van der Waals surface area contributed by atoms with E-state index in [1.807, 2.05) is 12.1 Å². The number of ether oxygens (including phenoxy) is 3. The van der Waals surface area contributed by atoms with E-state index in [1.165, 1.54) is 6.07 Å². The lowest BCUT2D eigenvalue weighted by molar-refractivity contribution is -0.126. The topological polar surface area (TPSA) is 89.1 Å². The van der Waals surface area contributed by atoms with Gasteiger partial charge in [0.1, 0.15) is 11.4 Å². The molecule has 0 unspecified atom stereocenters. The summed E-state index contributed by atoms with van der Waals surface area (Å²) in [7, 11) is 4.75. The van der Waals surface area contributed by atoms with Crippen LogP contribution in [0.25, 0.3) is 0 Å². The van der Waals surface area contributed by atoms with Crippen LogP contribution in [0.15, 0.2) is 36.4 Å². The second kappa shape index (κ2) is 9.89. The third-order valence-corrected chi connectivity index (χ3v) is 6.86. The van der Waals surface area contributed by atoms with Gasteiger partial charge in [0.15, 0.2) is 11.5 Å². The second-order valence-electron chi connectivity index (χ2n) is 8.69. The van der Waals surface area contributed by atoms with Crippen LogP contribution in [0.3, 0.4) is 0 Å². The van der Waals surface area contributed by atoms with E-state index < -0.39 is 11.6 Å². The summed E-state index contributed by atoms with van der Waals surface area (Å²) in [5, 5.41) is 5.20. The SMILES string of the molecule is COc1ccc(CN2CCC([C@]3(Cc4ccccc4F)NC(=O)NC3=O)CC2)c(OC)c1OC. The minimum absolute atomic E-state index is 0.116. The van der Waals surface area contributed by atoms with Crippen LogP contribution in [0.2, 0.25) is 0 Å². The van der Waals surface area contributed by atoms with Gasteiger partial charge in [0.25, 0.3) is 5.91 Å². The van der Waals surface area contributed by atoms with Crippen molar-refractivity contribution in [2.45, 2.75) is 31.3 Å². The molecule has 0 spiro atoms. The molecule has 0 aliphatic carbocycles. The van der Waals surface area contributed by atoms with Gasteiger partial charge in [-0.3, -0.25) is 15.0 Å². The number of methoxy groups -OCH3 is 3. The van der Waals surface area contributed by atoms with Crippen molar-refractivity contribution >= 4 is 11.9 Å². The molecule has 2 aliphatic heterocycles. The summed E-state index contributed by atoms with van der Waals surface area (Å²) < 4.78 is 30.9. The molecule has 182 valence electrons. The lowest BCUT2D eigenvalue weighted by atomic mass is 9.74. The van der Waals surface area contributed by atoms with E-state index in [2.05, 4.69) is 15.5 Å². The Kier molecular flexibility index (Phi) is 6.92. The standard InChI is InChI=1S/C25H30FN3O5/c1-32-20-9-8-17(21(33-2)22(20)34-3)15-29-12-10-18(11-13-29)25(23(30)27-24(31)28-25)14-16-6-4-5-7-19(16)26/h4-9,18H,10-15H2,1-3H3,(H2,27,28,30,31)/t25-/m0/s1. The van der Waals surface area contributed by atoms with Crippen molar-refractivity contribution in [2.24, 2.45) is 5.92 Å². The Morgan fingerprint density at radius 1 is 0.971 bits per heavy atom. The molecule has 34 heavy (non-hydrogen) atoms. The van der Waals surface area contributed by atoms with Crippen LogP contribution in [0.4, 0.5) is 9.18 Å². The second-order valence-corrected chi connectivity index (χ2v) is 8.69. The summed E-state index contributed by atoms with van der Waals surface area (Å²) >= 11 is 0. The van der Waals surface area contributed by atoms with Crippen LogP contribution in [-0.4, -0.2) is 56.8 Å². The molecule has 2 aromatic rings. The quantitative estimate of drug-likeness (QED) is 0.576. The summed E-state index contributed by atoms with van der Waals surface area (Å²) in [6, 6.07) is 9.66. The van der Waals surface area contributed by atoms with Gasteiger partial charge in [-0.2, -0.15) is 0 Å². The first-order valence-corrected chi connectivity index (χ1v) is 11.3. The molecule has 2 saturated heterocycles. The van der Waals surface area contributed by atoms with Crippen LogP contribution < -0.4 is 24.8 Å². The van der Waals surface area contributed by atoms with Crippen molar-refractivity contribution < 1.29 is 28.2 Å². The zero-order valence-corrected chi connectivity index (χ0v) is 19.7. The van der Waals surface area contributed by atoms with Gasteiger partial charge in [-0.25, -0.2) is 9.18 Å². The van der Waals surface area contributed by atoms with E-state index in [-0.39, 0.29) is 24.1 Å². The van der Waals surface area contributed by atoms with Crippen molar-refractivity contribution in [2.75, 3.05) is 34.4 Å². The number of carbonyl (C=O) groups excluding carboxylic acids is 2. The van der Waals surface area contributed by atoms with Crippen LogP contribution in [0.1, 0.15) is 24.0 Å². The normalized spacial score (nSPS) is 21.2. The lowest BCUT2D eigenvalue weighted by Crippen LogP contribution is -2.57. The van der Waals surface area contributed by atoms with Gasteiger partial charge >= 0.3 is 6.03 Å². The first kappa shape index (κ1) is 23.8. The van der Waals surface area contributed by atoms with Crippen molar-refractivity contribution in [3.8, 4) is 17.2 Å². The highest BCUT2D eigenvalue weighted by molar-refractivity contribution is 6.07. The summed E-state index contributed by atoms with van der Waals surface area (Å²) in [4.78, 5) is 27.3. The van der Waals surface area contributed by atoms with Gasteiger partial charge in [-0.05, 0) is 49.5 Å². The largest absolute Gasteiger partial charge is 0.493 e. The zero-order chi connectivity index (χ0) is 24.3. The number of piperidine rings is 1. The highest BCUT2D eigenvalue weighted by Gasteiger charge is 2.52. The van der Waals surface area contributed by atoms with Crippen LogP contribution in [-0.2, 0) is 17.8 Å². The molecule has 2 N–H and O–H groups in total. The molecule has 0 radical (unpaired) electrons. The van der Waals surface area contributed by atoms with E-state index in [0.717, 1.165) is 5.56 Å². The third kappa shape index (κ3) is 4.40. The number of halogens is 1. The van der Waals surface area contributed by atoms with Gasteiger partial charge in [0.05, 0.1) is 21.3 Å². The Hall–Kier alpha value is -3.33. The Balaban J connectivity index is 1.50. The predicted molar refractivity (Wildman–Crippen MR) is 124 cm³/mol. The van der Waals surface area contributed by atoms with Gasteiger partial charge in [0.2, 0.25) is 5.75 Å². The van der Waals surface area contributed by atoms with Gasteiger partial charge in [-0.15, -0.1) is 0 Å². The maximum absolute atomic E-state index is 14.4. The number of imide groups is 1. The van der Waals surface area contributed by atoms with Crippen molar-refractivity contribution in [3.05, 3.63) is 53.3 Å². The Labute approximate surface area is 198 Å². The first-order chi connectivity index (χ1) is 16.4. The molecule has 0 bridgehead atoms. The summed E-state index contributed by atoms with van der Waals surface area (Å²) in [6.45, 7) is 2.06. The maximum Gasteiger partial charge on any atom is 0.322 e. The van der Waals surface area contributed by atoms with Crippen LogP contribution >= 0.6 is 0 Å². The smallest absolute Gasteiger partial charge is 0.322 e. The fraction of sp³-hybridized carbons (Fsp3) is 0.440. The fourth-order valence-corrected chi connectivity index (χ4v) is 5.12. The molecule has 2 heterocycles. The summed E-state index contributed by atoms with van der Waals surface area (Å²) in [6.07, 6.45) is 1.47.